The van der Waals surface area contributed by atoms with Gasteiger partial charge < -0.3 is 19.5 Å². The Bertz CT molecular complexity index is 1250. The van der Waals surface area contributed by atoms with E-state index in [9.17, 15) is 13.2 Å². The van der Waals surface area contributed by atoms with Crippen molar-refractivity contribution in [1.29, 1.82) is 0 Å². The fraction of sp³-hybridized carbons (Fsp3) is 0.269. The van der Waals surface area contributed by atoms with Gasteiger partial charge in [0.2, 0.25) is 15.8 Å². The molecule has 0 saturated carbocycles. The van der Waals surface area contributed by atoms with E-state index < -0.39 is 15.9 Å². The van der Waals surface area contributed by atoms with E-state index in [1.165, 1.54) is 30.7 Å². The lowest BCUT2D eigenvalue weighted by atomic mass is 10.1. The number of rotatable bonds is 9. The Morgan fingerprint density at radius 2 is 1.51 bits per heavy atom. The third kappa shape index (κ3) is 5.58. The number of hydrogen-bond acceptors (Lipinski definition) is 6. The Kier molecular flexibility index (Phi) is 7.57. The maximum absolute atomic E-state index is 12.9. The van der Waals surface area contributed by atoms with Crippen LogP contribution in [0.2, 0.25) is 0 Å². The summed E-state index contributed by atoms with van der Waals surface area (Å²) in [6.07, 6.45) is 1.74. The smallest absolute Gasteiger partial charge is 0.255 e. The van der Waals surface area contributed by atoms with Crippen molar-refractivity contribution in [1.82, 2.24) is 4.31 Å². The lowest BCUT2D eigenvalue weighted by Gasteiger charge is -2.17. The Balaban J connectivity index is 1.50. The molecule has 0 bridgehead atoms. The standard InChI is InChI=1S/C26H28N2O6S/c1-32-23-16-20(17-24(33-2)25(23)34-18-19-8-4-3-5-9-19)26(29)27-21-10-12-22(13-11-21)35(30,31)28-14-6-7-15-28/h3-5,8-13,16-17H,6-7,14-15,18H2,1-2H3,(H,27,29). The molecule has 0 atom stereocenters. The van der Waals surface area contributed by atoms with Crippen LogP contribution in [0.4, 0.5) is 5.69 Å². The van der Waals surface area contributed by atoms with Gasteiger partial charge in [0.05, 0.1) is 19.1 Å². The van der Waals surface area contributed by atoms with E-state index in [0.717, 1.165) is 18.4 Å². The summed E-state index contributed by atoms with van der Waals surface area (Å²) < 4.78 is 43.8. The van der Waals surface area contributed by atoms with Crippen molar-refractivity contribution in [3.05, 3.63) is 77.9 Å². The van der Waals surface area contributed by atoms with E-state index in [1.54, 1.807) is 24.3 Å². The van der Waals surface area contributed by atoms with E-state index in [4.69, 9.17) is 14.2 Å². The van der Waals surface area contributed by atoms with Gasteiger partial charge >= 0.3 is 0 Å². The molecule has 1 heterocycles. The van der Waals surface area contributed by atoms with Crippen molar-refractivity contribution in [3.63, 3.8) is 0 Å². The molecule has 35 heavy (non-hydrogen) atoms. The van der Waals surface area contributed by atoms with Crippen LogP contribution >= 0.6 is 0 Å². The fourth-order valence-corrected chi connectivity index (χ4v) is 5.39. The first kappa shape index (κ1) is 24.6. The minimum atomic E-state index is -3.51. The van der Waals surface area contributed by atoms with Gasteiger partial charge in [-0.3, -0.25) is 4.79 Å². The molecule has 1 aliphatic rings. The van der Waals surface area contributed by atoms with Crippen LogP contribution in [0, 0.1) is 0 Å². The van der Waals surface area contributed by atoms with E-state index in [-0.39, 0.29) is 4.90 Å². The lowest BCUT2D eigenvalue weighted by molar-refractivity contribution is 0.102. The Morgan fingerprint density at radius 1 is 0.914 bits per heavy atom. The Labute approximate surface area is 205 Å². The van der Waals surface area contributed by atoms with Crippen LogP contribution in [0.1, 0.15) is 28.8 Å². The molecule has 0 unspecified atom stereocenters. The second kappa shape index (κ2) is 10.8. The van der Waals surface area contributed by atoms with Crippen molar-refractivity contribution < 1.29 is 27.4 Å². The molecule has 4 rings (SSSR count). The summed E-state index contributed by atoms with van der Waals surface area (Å²) in [5.74, 6) is 0.716. The number of benzene rings is 3. The monoisotopic (exact) mass is 496 g/mol. The molecular weight excluding hydrogens is 468 g/mol. The first-order chi connectivity index (χ1) is 16.9. The quantitative estimate of drug-likeness (QED) is 0.474. The van der Waals surface area contributed by atoms with E-state index in [2.05, 4.69) is 5.32 Å². The number of amides is 1. The first-order valence-corrected chi connectivity index (χ1v) is 12.7. The van der Waals surface area contributed by atoms with Crippen LogP contribution in [0.15, 0.2) is 71.6 Å². The molecule has 0 radical (unpaired) electrons. The molecular formula is C26H28N2O6S. The van der Waals surface area contributed by atoms with Crippen molar-refractivity contribution in [2.24, 2.45) is 0 Å². The fourth-order valence-electron chi connectivity index (χ4n) is 3.87. The molecule has 1 saturated heterocycles. The number of sulfonamides is 1. The average Bonchev–Trinajstić information content (AvgIpc) is 3.44. The van der Waals surface area contributed by atoms with Gasteiger partial charge in [-0.1, -0.05) is 30.3 Å². The van der Waals surface area contributed by atoms with Gasteiger partial charge in [-0.2, -0.15) is 4.31 Å². The third-order valence-corrected chi connectivity index (χ3v) is 7.68. The summed E-state index contributed by atoms with van der Waals surface area (Å²) in [5, 5.41) is 2.79. The SMILES string of the molecule is COc1cc(C(=O)Nc2ccc(S(=O)(=O)N3CCCC3)cc2)cc(OC)c1OCc1ccccc1. The van der Waals surface area contributed by atoms with Crippen LogP contribution in [-0.2, 0) is 16.6 Å². The molecule has 3 aromatic rings. The average molecular weight is 497 g/mol. The van der Waals surface area contributed by atoms with Crippen LogP contribution in [-0.4, -0.2) is 45.9 Å². The summed E-state index contributed by atoms with van der Waals surface area (Å²) in [5.41, 5.74) is 1.76. The lowest BCUT2D eigenvalue weighted by Crippen LogP contribution is -2.27. The van der Waals surface area contributed by atoms with Crippen molar-refractivity contribution in [3.8, 4) is 17.2 Å². The molecule has 1 aliphatic heterocycles. The molecule has 9 heteroatoms. The predicted molar refractivity (Wildman–Crippen MR) is 133 cm³/mol. The number of nitrogens with one attached hydrogen (secondary N) is 1. The number of ether oxygens (including phenoxy) is 3. The minimum Gasteiger partial charge on any atom is -0.493 e. The Hall–Kier alpha value is -3.56. The number of carbonyl (C=O) groups excluding carboxylic acids is 1. The van der Waals surface area contributed by atoms with E-state index in [0.29, 0.717) is 48.2 Å². The second-order valence-electron chi connectivity index (χ2n) is 8.07. The number of nitrogens with zero attached hydrogens (tertiary/aromatic N) is 1. The van der Waals surface area contributed by atoms with Crippen molar-refractivity contribution in [2.75, 3.05) is 32.6 Å². The highest BCUT2D eigenvalue weighted by molar-refractivity contribution is 7.89. The summed E-state index contributed by atoms with van der Waals surface area (Å²) in [4.78, 5) is 13.2. The molecule has 1 fully saturated rings. The molecule has 0 aromatic heterocycles. The number of carbonyl (C=O) groups is 1. The molecule has 0 spiro atoms. The highest BCUT2D eigenvalue weighted by Crippen LogP contribution is 2.39. The molecule has 1 N–H and O–H groups in total. The molecule has 0 aliphatic carbocycles. The summed E-state index contributed by atoms with van der Waals surface area (Å²) in [7, 11) is -0.528. The van der Waals surface area contributed by atoms with Crippen LogP contribution in [0.5, 0.6) is 17.2 Å². The van der Waals surface area contributed by atoms with Gasteiger partial charge in [-0.05, 0) is 54.8 Å². The third-order valence-electron chi connectivity index (χ3n) is 5.76. The van der Waals surface area contributed by atoms with Gasteiger partial charge in [0.1, 0.15) is 6.61 Å². The summed E-state index contributed by atoms with van der Waals surface area (Å²) in [6.45, 7) is 1.39. The topological polar surface area (TPSA) is 94.2 Å². The molecule has 8 nitrogen and oxygen atoms in total. The Morgan fingerprint density at radius 3 is 2.09 bits per heavy atom. The molecule has 1 amide bonds. The van der Waals surface area contributed by atoms with Crippen LogP contribution < -0.4 is 19.5 Å². The zero-order chi connectivity index (χ0) is 24.8. The largest absolute Gasteiger partial charge is 0.493 e. The maximum atomic E-state index is 12.9. The zero-order valence-corrected chi connectivity index (χ0v) is 20.5. The normalized spacial score (nSPS) is 13.9. The minimum absolute atomic E-state index is 0.209. The molecule has 184 valence electrons. The van der Waals surface area contributed by atoms with Gasteiger partial charge in [0.25, 0.3) is 5.91 Å². The molecule has 3 aromatic carbocycles. The maximum Gasteiger partial charge on any atom is 0.255 e. The summed E-state index contributed by atoms with van der Waals surface area (Å²) >= 11 is 0. The second-order valence-corrected chi connectivity index (χ2v) is 10.0. The highest BCUT2D eigenvalue weighted by Gasteiger charge is 2.27. The van der Waals surface area contributed by atoms with Gasteiger partial charge in [-0.25, -0.2) is 8.42 Å². The number of hydrogen-bond donors (Lipinski definition) is 1. The van der Waals surface area contributed by atoms with Crippen molar-refractivity contribution >= 4 is 21.6 Å². The van der Waals surface area contributed by atoms with Gasteiger partial charge in [0.15, 0.2) is 11.5 Å². The van der Waals surface area contributed by atoms with Crippen LogP contribution in [0.3, 0.4) is 0 Å². The zero-order valence-electron chi connectivity index (χ0n) is 19.7. The highest BCUT2D eigenvalue weighted by atomic mass is 32.2. The van der Waals surface area contributed by atoms with Crippen LogP contribution in [0.25, 0.3) is 0 Å². The number of anilines is 1. The van der Waals surface area contributed by atoms with Gasteiger partial charge in [-0.15, -0.1) is 0 Å². The van der Waals surface area contributed by atoms with Crippen molar-refractivity contribution in [2.45, 2.75) is 24.3 Å². The van der Waals surface area contributed by atoms with E-state index in [1.807, 2.05) is 30.3 Å². The van der Waals surface area contributed by atoms with Gasteiger partial charge in [0, 0.05) is 24.3 Å². The predicted octanol–water partition coefficient (Wildman–Crippen LogP) is 4.32. The summed E-state index contributed by atoms with van der Waals surface area (Å²) in [6, 6.07) is 19.0. The number of methoxy groups -OCH3 is 2. The first-order valence-electron chi connectivity index (χ1n) is 11.3. The van der Waals surface area contributed by atoms with E-state index >= 15 is 0 Å².